The third-order valence-corrected chi connectivity index (χ3v) is 5.73. The van der Waals surface area contributed by atoms with Crippen LogP contribution in [0.3, 0.4) is 0 Å². The molecule has 1 saturated carbocycles. The Bertz CT molecular complexity index is 853. The first-order chi connectivity index (χ1) is 14.8. The first-order valence-corrected chi connectivity index (χ1v) is 11.4. The van der Waals surface area contributed by atoms with E-state index in [0.29, 0.717) is 6.42 Å². The summed E-state index contributed by atoms with van der Waals surface area (Å²) in [4.78, 5) is 15.3. The maximum absolute atomic E-state index is 13.5. The molecule has 3 rings (SSSR count). The number of aliphatic hydroxyl groups excluding tert-OH is 1. The van der Waals surface area contributed by atoms with Gasteiger partial charge in [-0.15, -0.1) is 0 Å². The molecule has 0 heterocycles. The number of anilines is 1. The maximum atomic E-state index is 13.5. The molecule has 2 aromatic carbocycles. The molecule has 0 atom stereocenters. The molecule has 3 N–H and O–H groups in total. The Kier molecular flexibility index (Phi) is 7.74. The van der Waals surface area contributed by atoms with Crippen molar-refractivity contribution in [1.29, 1.82) is 0 Å². The molecule has 0 spiro atoms. The van der Waals surface area contributed by atoms with Crippen LogP contribution in [-0.4, -0.2) is 35.5 Å². The smallest absolute Gasteiger partial charge is 0.415 e. The molecule has 0 radical (unpaired) electrons. The molecule has 5 heteroatoms. The van der Waals surface area contributed by atoms with Crippen molar-refractivity contribution in [1.82, 2.24) is 0 Å². The van der Waals surface area contributed by atoms with E-state index in [1.165, 1.54) is 0 Å². The average Bonchev–Trinajstić information content (AvgIpc) is 2.73. The SMILES string of the molecule is CC(C)(C)OC(=O)N(c1cc(CCCO)ccc1-c1ccccc1)C1CCC(N)CC1. The molecular weight excluding hydrogens is 388 g/mol. The van der Waals surface area contributed by atoms with Crippen LogP contribution < -0.4 is 10.6 Å². The lowest BCUT2D eigenvalue weighted by Gasteiger charge is -2.38. The summed E-state index contributed by atoms with van der Waals surface area (Å²) >= 11 is 0. The van der Waals surface area contributed by atoms with Gasteiger partial charge in [0.25, 0.3) is 0 Å². The number of aliphatic hydroxyl groups is 1. The van der Waals surface area contributed by atoms with Crippen LogP contribution in [0.1, 0.15) is 58.4 Å². The highest BCUT2D eigenvalue weighted by atomic mass is 16.6. The van der Waals surface area contributed by atoms with Crippen molar-refractivity contribution in [2.24, 2.45) is 5.73 Å². The molecular formula is C26H36N2O3. The van der Waals surface area contributed by atoms with Gasteiger partial charge >= 0.3 is 6.09 Å². The molecule has 1 aliphatic rings. The highest BCUT2D eigenvalue weighted by Gasteiger charge is 2.33. The first-order valence-electron chi connectivity index (χ1n) is 11.4. The van der Waals surface area contributed by atoms with Gasteiger partial charge in [0.05, 0.1) is 5.69 Å². The Hall–Kier alpha value is -2.37. The van der Waals surface area contributed by atoms with E-state index in [1.807, 2.05) is 43.9 Å². The summed E-state index contributed by atoms with van der Waals surface area (Å²) in [6.45, 7) is 5.84. The zero-order valence-electron chi connectivity index (χ0n) is 19.0. The largest absolute Gasteiger partial charge is 0.443 e. The minimum atomic E-state index is -0.582. The molecule has 2 aromatic rings. The van der Waals surface area contributed by atoms with Gasteiger partial charge in [-0.3, -0.25) is 4.90 Å². The van der Waals surface area contributed by atoms with Gasteiger partial charge in [-0.1, -0.05) is 42.5 Å². The van der Waals surface area contributed by atoms with Crippen LogP contribution >= 0.6 is 0 Å². The first kappa shape index (κ1) is 23.3. The van der Waals surface area contributed by atoms with Crippen molar-refractivity contribution in [3.05, 3.63) is 54.1 Å². The third-order valence-electron chi connectivity index (χ3n) is 5.73. The van der Waals surface area contributed by atoms with E-state index in [2.05, 4.69) is 30.3 Å². The lowest BCUT2D eigenvalue weighted by atomic mass is 9.89. The predicted octanol–water partition coefficient (Wildman–Crippen LogP) is 5.29. The predicted molar refractivity (Wildman–Crippen MR) is 126 cm³/mol. The summed E-state index contributed by atoms with van der Waals surface area (Å²) in [6, 6.07) is 16.7. The molecule has 0 aromatic heterocycles. The molecule has 1 amide bonds. The molecule has 0 bridgehead atoms. The number of amides is 1. The van der Waals surface area contributed by atoms with Crippen LogP contribution in [0.25, 0.3) is 11.1 Å². The van der Waals surface area contributed by atoms with Crippen LogP contribution in [0.5, 0.6) is 0 Å². The number of carbonyl (C=O) groups is 1. The number of rotatable bonds is 6. The molecule has 0 unspecified atom stereocenters. The number of hydrogen-bond donors (Lipinski definition) is 2. The van der Waals surface area contributed by atoms with Crippen molar-refractivity contribution < 1.29 is 14.6 Å². The number of carbonyl (C=O) groups excluding carboxylic acids is 1. The Balaban J connectivity index is 2.08. The summed E-state index contributed by atoms with van der Waals surface area (Å²) < 4.78 is 5.86. The second kappa shape index (κ2) is 10.3. The van der Waals surface area contributed by atoms with E-state index in [-0.39, 0.29) is 24.8 Å². The monoisotopic (exact) mass is 424 g/mol. The Morgan fingerprint density at radius 2 is 1.77 bits per heavy atom. The fourth-order valence-electron chi connectivity index (χ4n) is 4.19. The summed E-state index contributed by atoms with van der Waals surface area (Å²) in [5.41, 5.74) is 9.62. The Morgan fingerprint density at radius 1 is 1.10 bits per heavy atom. The number of nitrogens with two attached hydrogens (primary N) is 1. The molecule has 1 aliphatic carbocycles. The average molecular weight is 425 g/mol. The van der Waals surface area contributed by atoms with Gasteiger partial charge in [-0.05, 0) is 76.5 Å². The van der Waals surface area contributed by atoms with Gasteiger partial charge in [0, 0.05) is 24.3 Å². The van der Waals surface area contributed by atoms with Crippen molar-refractivity contribution in [2.75, 3.05) is 11.5 Å². The van der Waals surface area contributed by atoms with Crippen molar-refractivity contribution in [2.45, 2.75) is 77.0 Å². The van der Waals surface area contributed by atoms with Gasteiger partial charge in [0.2, 0.25) is 0 Å². The third kappa shape index (κ3) is 6.31. The number of aryl methyl sites for hydroxylation is 1. The van der Waals surface area contributed by atoms with E-state index in [4.69, 9.17) is 10.5 Å². The Morgan fingerprint density at radius 3 is 2.39 bits per heavy atom. The van der Waals surface area contributed by atoms with Gasteiger partial charge < -0.3 is 15.6 Å². The molecule has 168 valence electrons. The van der Waals surface area contributed by atoms with Crippen molar-refractivity contribution in [3.8, 4) is 11.1 Å². The van der Waals surface area contributed by atoms with E-state index in [1.54, 1.807) is 0 Å². The van der Waals surface area contributed by atoms with Crippen LogP contribution in [0.15, 0.2) is 48.5 Å². The zero-order valence-corrected chi connectivity index (χ0v) is 19.0. The van der Waals surface area contributed by atoms with Crippen molar-refractivity contribution in [3.63, 3.8) is 0 Å². The number of nitrogens with zero attached hydrogens (tertiary/aromatic N) is 1. The lowest BCUT2D eigenvalue weighted by molar-refractivity contribution is 0.0557. The number of benzene rings is 2. The van der Waals surface area contributed by atoms with E-state index in [0.717, 1.165) is 54.5 Å². The summed E-state index contributed by atoms with van der Waals surface area (Å²) in [5.74, 6) is 0. The van der Waals surface area contributed by atoms with Gasteiger partial charge in [0.1, 0.15) is 5.60 Å². The van der Waals surface area contributed by atoms with Gasteiger partial charge in [-0.25, -0.2) is 4.79 Å². The van der Waals surface area contributed by atoms with E-state index in [9.17, 15) is 9.90 Å². The summed E-state index contributed by atoms with van der Waals surface area (Å²) in [6.07, 6.45) is 4.64. The standard InChI is InChI=1S/C26H36N2O3/c1-26(2,3)31-25(30)28(22-14-12-21(27)13-15-22)24-18-19(8-7-17-29)11-16-23(24)20-9-5-4-6-10-20/h4-6,9-11,16,18,21-22,29H,7-8,12-15,17,27H2,1-3H3. The van der Waals surface area contributed by atoms with Crippen LogP contribution in [0, 0.1) is 0 Å². The van der Waals surface area contributed by atoms with Crippen LogP contribution in [0.4, 0.5) is 10.5 Å². The normalized spacial score (nSPS) is 19.1. The van der Waals surface area contributed by atoms with Crippen molar-refractivity contribution >= 4 is 11.8 Å². The second-order valence-corrected chi connectivity index (χ2v) is 9.46. The molecule has 31 heavy (non-hydrogen) atoms. The highest BCUT2D eigenvalue weighted by Crippen LogP contribution is 2.37. The number of hydrogen-bond acceptors (Lipinski definition) is 4. The minimum absolute atomic E-state index is 0.0465. The number of ether oxygens (including phenoxy) is 1. The summed E-state index contributed by atoms with van der Waals surface area (Å²) in [5, 5.41) is 9.29. The Labute approximate surface area is 186 Å². The molecule has 0 saturated heterocycles. The second-order valence-electron chi connectivity index (χ2n) is 9.46. The molecule has 5 nitrogen and oxygen atoms in total. The fraction of sp³-hybridized carbons (Fsp3) is 0.500. The minimum Gasteiger partial charge on any atom is -0.443 e. The van der Waals surface area contributed by atoms with Gasteiger partial charge in [0.15, 0.2) is 0 Å². The quantitative estimate of drug-likeness (QED) is 0.661. The maximum Gasteiger partial charge on any atom is 0.415 e. The molecule has 0 aliphatic heterocycles. The van der Waals surface area contributed by atoms with Crippen LogP contribution in [0.2, 0.25) is 0 Å². The van der Waals surface area contributed by atoms with E-state index >= 15 is 0 Å². The fourth-order valence-corrected chi connectivity index (χ4v) is 4.19. The van der Waals surface area contributed by atoms with E-state index < -0.39 is 5.60 Å². The van der Waals surface area contributed by atoms with Gasteiger partial charge in [-0.2, -0.15) is 0 Å². The lowest BCUT2D eigenvalue weighted by Crippen LogP contribution is -2.46. The topological polar surface area (TPSA) is 75.8 Å². The highest BCUT2D eigenvalue weighted by molar-refractivity contribution is 5.95. The van der Waals surface area contributed by atoms with Crippen LogP contribution in [-0.2, 0) is 11.2 Å². The zero-order chi connectivity index (χ0) is 22.4. The molecule has 1 fully saturated rings. The summed E-state index contributed by atoms with van der Waals surface area (Å²) in [7, 11) is 0.